The van der Waals surface area contributed by atoms with Gasteiger partial charge in [0, 0.05) is 12.7 Å². The Bertz CT molecular complexity index is 682. The van der Waals surface area contributed by atoms with Crippen LogP contribution in [0.25, 0.3) is 0 Å². The number of benzene rings is 2. The van der Waals surface area contributed by atoms with Gasteiger partial charge in [0.2, 0.25) is 0 Å². The maximum Gasteiger partial charge on any atom is 0.251 e. The summed E-state index contributed by atoms with van der Waals surface area (Å²) < 4.78 is 15.6. The first kappa shape index (κ1) is 17.8. The number of amides is 1. The minimum Gasteiger partial charge on any atom is -0.493 e. The van der Waals surface area contributed by atoms with E-state index in [4.69, 9.17) is 14.2 Å². The third-order valence-corrected chi connectivity index (χ3v) is 3.78. The maximum atomic E-state index is 12.4. The van der Waals surface area contributed by atoms with Gasteiger partial charge in [-0.3, -0.25) is 4.79 Å². The van der Waals surface area contributed by atoms with Gasteiger partial charge in [-0.05, 0) is 42.3 Å². The fourth-order valence-corrected chi connectivity index (χ4v) is 2.40. The van der Waals surface area contributed by atoms with Gasteiger partial charge in [-0.25, -0.2) is 0 Å². The summed E-state index contributed by atoms with van der Waals surface area (Å²) in [5, 5.41) is 2.99. The van der Waals surface area contributed by atoms with Gasteiger partial charge in [0.15, 0.2) is 11.5 Å². The quantitative estimate of drug-likeness (QED) is 0.846. The molecule has 2 aromatic carbocycles. The summed E-state index contributed by atoms with van der Waals surface area (Å²) in [5.74, 6) is 1.18. The first-order chi connectivity index (χ1) is 11.6. The van der Waals surface area contributed by atoms with Crippen molar-refractivity contribution in [2.75, 3.05) is 21.3 Å². The molecule has 5 nitrogen and oxygen atoms in total. The molecule has 0 aliphatic heterocycles. The van der Waals surface area contributed by atoms with Gasteiger partial charge in [-0.2, -0.15) is 0 Å². The molecule has 1 unspecified atom stereocenters. The lowest BCUT2D eigenvalue weighted by atomic mass is 10.1. The van der Waals surface area contributed by atoms with Crippen molar-refractivity contribution in [2.24, 2.45) is 0 Å². The Labute approximate surface area is 142 Å². The van der Waals surface area contributed by atoms with Gasteiger partial charge < -0.3 is 19.5 Å². The van der Waals surface area contributed by atoms with E-state index in [1.807, 2.05) is 37.3 Å². The highest BCUT2D eigenvalue weighted by Gasteiger charge is 2.14. The summed E-state index contributed by atoms with van der Waals surface area (Å²) in [6.07, 6.45) is 0. The Kier molecular flexibility index (Phi) is 6.21. The predicted octanol–water partition coefficient (Wildman–Crippen LogP) is 3.34. The van der Waals surface area contributed by atoms with Crippen LogP contribution in [0.5, 0.6) is 11.5 Å². The third kappa shape index (κ3) is 4.26. The molecule has 1 amide bonds. The van der Waals surface area contributed by atoms with Crippen LogP contribution in [0, 0.1) is 0 Å². The zero-order chi connectivity index (χ0) is 17.5. The van der Waals surface area contributed by atoms with Crippen molar-refractivity contribution in [3.05, 3.63) is 59.2 Å². The zero-order valence-corrected chi connectivity index (χ0v) is 14.5. The molecule has 128 valence electrons. The third-order valence-electron chi connectivity index (χ3n) is 3.78. The Balaban J connectivity index is 2.08. The van der Waals surface area contributed by atoms with E-state index in [1.165, 1.54) is 0 Å². The molecule has 0 spiro atoms. The lowest BCUT2D eigenvalue weighted by Gasteiger charge is -2.16. The topological polar surface area (TPSA) is 56.8 Å². The van der Waals surface area contributed by atoms with E-state index in [0.29, 0.717) is 23.7 Å². The van der Waals surface area contributed by atoms with Crippen molar-refractivity contribution in [1.29, 1.82) is 0 Å². The van der Waals surface area contributed by atoms with E-state index in [2.05, 4.69) is 5.32 Å². The predicted molar refractivity (Wildman–Crippen MR) is 92.6 cm³/mol. The number of methoxy groups -OCH3 is 3. The van der Waals surface area contributed by atoms with Crippen molar-refractivity contribution < 1.29 is 19.0 Å². The van der Waals surface area contributed by atoms with Gasteiger partial charge in [0.05, 0.1) is 26.9 Å². The summed E-state index contributed by atoms with van der Waals surface area (Å²) in [7, 11) is 4.83. The summed E-state index contributed by atoms with van der Waals surface area (Å²) >= 11 is 0. The molecule has 0 fully saturated rings. The number of carbonyl (C=O) groups excluding carboxylic acids is 1. The second-order valence-corrected chi connectivity index (χ2v) is 5.44. The van der Waals surface area contributed by atoms with Crippen molar-refractivity contribution in [3.8, 4) is 11.5 Å². The smallest absolute Gasteiger partial charge is 0.251 e. The van der Waals surface area contributed by atoms with Crippen LogP contribution < -0.4 is 14.8 Å². The summed E-state index contributed by atoms with van der Waals surface area (Å²) in [6, 6.07) is 12.8. The summed E-state index contributed by atoms with van der Waals surface area (Å²) in [5.41, 5.74) is 2.58. The molecule has 0 aromatic heterocycles. The van der Waals surface area contributed by atoms with E-state index in [1.54, 1.807) is 33.5 Å². The van der Waals surface area contributed by atoms with Crippen LogP contribution in [-0.2, 0) is 11.3 Å². The number of hydrogen-bond donors (Lipinski definition) is 1. The summed E-state index contributed by atoms with van der Waals surface area (Å²) in [4.78, 5) is 12.4. The molecule has 2 aromatic rings. The lowest BCUT2D eigenvalue weighted by molar-refractivity contribution is 0.0939. The van der Waals surface area contributed by atoms with Gasteiger partial charge in [0.25, 0.3) is 5.91 Å². The standard InChI is InChI=1S/C19H23NO4/c1-13(16-9-10-17(23-3)18(11-16)24-4)20-19(21)15-7-5-14(6-8-15)12-22-2/h5-11,13H,12H2,1-4H3,(H,20,21). The van der Waals surface area contributed by atoms with Crippen molar-refractivity contribution in [3.63, 3.8) is 0 Å². The molecular weight excluding hydrogens is 306 g/mol. The van der Waals surface area contributed by atoms with Gasteiger partial charge in [0.1, 0.15) is 0 Å². The molecule has 1 N–H and O–H groups in total. The van der Waals surface area contributed by atoms with Crippen LogP contribution in [0.1, 0.15) is 34.5 Å². The van der Waals surface area contributed by atoms with Crippen molar-refractivity contribution in [2.45, 2.75) is 19.6 Å². The second-order valence-electron chi connectivity index (χ2n) is 5.44. The minimum absolute atomic E-state index is 0.124. The average Bonchev–Trinajstić information content (AvgIpc) is 2.61. The van der Waals surface area contributed by atoms with E-state index in [-0.39, 0.29) is 11.9 Å². The molecule has 0 aliphatic carbocycles. The van der Waals surface area contributed by atoms with Crippen LogP contribution in [0.4, 0.5) is 0 Å². The SMILES string of the molecule is COCc1ccc(C(=O)NC(C)c2ccc(OC)c(OC)c2)cc1. The van der Waals surface area contributed by atoms with Gasteiger partial charge >= 0.3 is 0 Å². The van der Waals surface area contributed by atoms with Crippen molar-refractivity contribution >= 4 is 5.91 Å². The van der Waals surface area contributed by atoms with Crippen LogP contribution in [0.2, 0.25) is 0 Å². The number of carbonyl (C=O) groups is 1. The molecule has 1 atom stereocenters. The highest BCUT2D eigenvalue weighted by Crippen LogP contribution is 2.29. The fraction of sp³-hybridized carbons (Fsp3) is 0.316. The van der Waals surface area contributed by atoms with E-state index < -0.39 is 0 Å². The van der Waals surface area contributed by atoms with E-state index in [0.717, 1.165) is 11.1 Å². The number of ether oxygens (including phenoxy) is 3. The lowest BCUT2D eigenvalue weighted by Crippen LogP contribution is -2.26. The molecule has 0 bridgehead atoms. The Morgan fingerprint density at radius 3 is 2.25 bits per heavy atom. The maximum absolute atomic E-state index is 12.4. The normalized spacial score (nSPS) is 11.7. The minimum atomic E-state index is -0.157. The van der Waals surface area contributed by atoms with Crippen LogP contribution in [0.15, 0.2) is 42.5 Å². The van der Waals surface area contributed by atoms with Crippen molar-refractivity contribution in [1.82, 2.24) is 5.32 Å². The molecule has 0 saturated heterocycles. The molecule has 24 heavy (non-hydrogen) atoms. The second kappa shape index (κ2) is 8.36. The van der Waals surface area contributed by atoms with Crippen LogP contribution in [-0.4, -0.2) is 27.2 Å². The number of rotatable bonds is 7. The van der Waals surface area contributed by atoms with E-state index >= 15 is 0 Å². The molecule has 0 radical (unpaired) electrons. The monoisotopic (exact) mass is 329 g/mol. The number of nitrogens with one attached hydrogen (secondary N) is 1. The molecule has 0 saturated carbocycles. The average molecular weight is 329 g/mol. The van der Waals surface area contributed by atoms with Crippen LogP contribution in [0.3, 0.4) is 0 Å². The Morgan fingerprint density at radius 2 is 1.67 bits per heavy atom. The van der Waals surface area contributed by atoms with Crippen LogP contribution >= 0.6 is 0 Å². The molecule has 5 heteroatoms. The highest BCUT2D eigenvalue weighted by atomic mass is 16.5. The largest absolute Gasteiger partial charge is 0.493 e. The van der Waals surface area contributed by atoms with E-state index in [9.17, 15) is 4.79 Å². The number of hydrogen-bond acceptors (Lipinski definition) is 4. The Hall–Kier alpha value is -2.53. The van der Waals surface area contributed by atoms with Gasteiger partial charge in [-0.1, -0.05) is 18.2 Å². The first-order valence-electron chi connectivity index (χ1n) is 7.69. The fourth-order valence-electron chi connectivity index (χ4n) is 2.40. The van der Waals surface area contributed by atoms with Gasteiger partial charge in [-0.15, -0.1) is 0 Å². The highest BCUT2D eigenvalue weighted by molar-refractivity contribution is 5.94. The zero-order valence-electron chi connectivity index (χ0n) is 14.5. The molecule has 0 heterocycles. The molecule has 0 aliphatic rings. The molecule has 2 rings (SSSR count). The Morgan fingerprint density at radius 1 is 1.00 bits per heavy atom. The summed E-state index contributed by atoms with van der Waals surface area (Å²) in [6.45, 7) is 2.46. The molecular formula is C19H23NO4. The first-order valence-corrected chi connectivity index (χ1v) is 7.69.